The lowest BCUT2D eigenvalue weighted by molar-refractivity contribution is -0.0827. The Morgan fingerprint density at radius 3 is 1.18 bits per heavy atom. The van der Waals surface area contributed by atoms with Gasteiger partial charge in [-0.15, -0.1) is 0 Å². The van der Waals surface area contributed by atoms with Crippen LogP contribution in [0, 0.1) is 30.6 Å². The highest BCUT2D eigenvalue weighted by Crippen LogP contribution is 2.63. The second kappa shape index (κ2) is 40.5. The quantitative estimate of drug-likeness (QED) is 0.0177. The average Bonchev–Trinajstić information content (AvgIpc) is 1.47. The lowest BCUT2D eigenvalue weighted by atomic mass is 9.66. The maximum Gasteiger partial charge on any atom is 0.339 e. The zero-order valence-electron chi connectivity index (χ0n) is 79.9. The number of carboxylic acid groups (broad SMARTS) is 5. The second-order valence-corrected chi connectivity index (χ2v) is 40.2. The first kappa shape index (κ1) is 101. The van der Waals surface area contributed by atoms with Crippen molar-refractivity contribution in [2.75, 3.05) is 0 Å². The molecular formula is C108H142O23. The molecule has 3 fully saturated rings. The van der Waals surface area contributed by atoms with Crippen LogP contribution in [-0.4, -0.2) is 137 Å². The van der Waals surface area contributed by atoms with Crippen molar-refractivity contribution in [1.82, 2.24) is 0 Å². The molecule has 13 N–H and O–H groups in total. The van der Waals surface area contributed by atoms with Gasteiger partial charge in [0.15, 0.2) is 0 Å². The van der Waals surface area contributed by atoms with E-state index in [9.17, 15) is 90.4 Å². The smallest absolute Gasteiger partial charge is 0.339 e. The number of phenols is 5. The first-order chi connectivity index (χ1) is 61.6. The Labute approximate surface area is 772 Å². The van der Waals surface area contributed by atoms with E-state index >= 15 is 0 Å². The summed E-state index contributed by atoms with van der Waals surface area (Å²) in [5, 5.41) is 136. The number of carbonyl (C=O) groups is 5. The highest BCUT2D eigenvalue weighted by molar-refractivity contribution is 5.99. The second-order valence-electron chi connectivity index (χ2n) is 40.2. The van der Waals surface area contributed by atoms with Gasteiger partial charge in [0, 0.05) is 57.4 Å². The summed E-state index contributed by atoms with van der Waals surface area (Å²) in [5.41, 5.74) is 8.87. The molecule has 0 spiro atoms. The molecule has 14 atom stereocenters. The summed E-state index contributed by atoms with van der Waals surface area (Å²) < 4.78 is 30.8. The third-order valence-electron chi connectivity index (χ3n) is 29.2. The van der Waals surface area contributed by atoms with Gasteiger partial charge >= 0.3 is 29.8 Å². The monoisotopic (exact) mass is 1810 g/mol. The summed E-state index contributed by atoms with van der Waals surface area (Å²) in [4.78, 5) is 59.5. The van der Waals surface area contributed by atoms with E-state index in [4.69, 9.17) is 23.7 Å². The predicted octanol–water partition coefficient (Wildman–Crippen LogP) is 23.3. The Morgan fingerprint density at radius 2 is 0.786 bits per heavy atom. The van der Waals surface area contributed by atoms with Crippen LogP contribution in [0.25, 0.3) is 11.1 Å². The van der Waals surface area contributed by atoms with Crippen LogP contribution >= 0.6 is 0 Å². The Kier molecular flexibility index (Phi) is 31.3. The van der Waals surface area contributed by atoms with Gasteiger partial charge in [0.25, 0.3) is 0 Å². The van der Waals surface area contributed by atoms with E-state index in [2.05, 4.69) is 74.3 Å². The molecule has 5 heterocycles. The van der Waals surface area contributed by atoms with Gasteiger partial charge < -0.3 is 90.1 Å². The lowest BCUT2D eigenvalue weighted by Gasteiger charge is -2.47. The predicted molar refractivity (Wildman–Crippen MR) is 506 cm³/mol. The number of fused-ring (bicyclic) bond motifs is 15. The van der Waals surface area contributed by atoms with Crippen LogP contribution in [0.15, 0.2) is 96.6 Å². The van der Waals surface area contributed by atoms with Crippen molar-refractivity contribution in [3.05, 3.63) is 186 Å². The van der Waals surface area contributed by atoms with Crippen LogP contribution in [-0.2, 0) is 37.7 Å². The van der Waals surface area contributed by atoms with Crippen molar-refractivity contribution in [3.63, 3.8) is 0 Å². The number of aryl methyl sites for hydroxylation is 6. The number of aliphatic hydroxyl groups is 3. The fourth-order valence-corrected chi connectivity index (χ4v) is 22.4. The lowest BCUT2D eigenvalue weighted by Crippen LogP contribution is -2.50. The minimum absolute atomic E-state index is 0.00406. The molecule has 712 valence electrons. The third-order valence-corrected chi connectivity index (χ3v) is 29.2. The molecule has 0 unspecified atom stereocenters. The summed E-state index contributed by atoms with van der Waals surface area (Å²) >= 11 is 0. The maximum atomic E-state index is 12.1. The summed E-state index contributed by atoms with van der Waals surface area (Å²) in [6, 6.07) is 14.7. The molecule has 0 bridgehead atoms. The van der Waals surface area contributed by atoms with Gasteiger partial charge in [-0.3, -0.25) is 0 Å². The number of rotatable bonds is 26. The Balaban J connectivity index is 0.000000158. The average molecular weight is 1810 g/mol. The van der Waals surface area contributed by atoms with Crippen molar-refractivity contribution in [2.24, 2.45) is 23.7 Å². The van der Waals surface area contributed by atoms with Gasteiger partial charge in [-0.25, -0.2) is 24.0 Å². The van der Waals surface area contributed by atoms with Gasteiger partial charge in [-0.05, 0) is 274 Å². The van der Waals surface area contributed by atoms with Crippen LogP contribution in [0.2, 0.25) is 0 Å². The number of ether oxygens (including phenoxy) is 5. The molecule has 5 aliphatic heterocycles. The van der Waals surface area contributed by atoms with Crippen molar-refractivity contribution in [2.45, 2.75) is 355 Å². The minimum Gasteiger partial charge on any atom is -0.508 e. The van der Waals surface area contributed by atoms with E-state index in [1.54, 1.807) is 45.0 Å². The van der Waals surface area contributed by atoms with Crippen molar-refractivity contribution < 1.29 is 114 Å². The summed E-state index contributed by atoms with van der Waals surface area (Å²) in [5.74, 6) is -4.06. The van der Waals surface area contributed by atoms with E-state index in [0.717, 1.165) is 149 Å². The third kappa shape index (κ3) is 20.4. The van der Waals surface area contributed by atoms with Crippen LogP contribution in [0.3, 0.4) is 0 Å². The summed E-state index contributed by atoms with van der Waals surface area (Å²) in [6.45, 7) is 45.9. The number of phenolic OH excluding ortho intramolecular Hbond substituents is 1. The SMILES string of the molecule is C=C(C)[C@@H]1CC[C@](C)(O)[C@H]2Oc3c(C(=O)O)c(CCCCC)cc(O)c3[C@@H]12.C=C(C)[C@@H]1CC[C@](C)(O)[C@H]2Oc3cc(CCC)c(C(=O)O)c(O)c3[C@@H]12.C=C(C)[C@@H]1CC[C@](C)(O)[C@H]2Oc3cc(CCCCC)c(C(=O)O)c(O)c3[C@@H]12.CCCCCc1cc2c(c(O)c1C(=O)O)-c1cc(C)ccc1C(C)(C)O2.CCCCCc1cc2c(c(O)c1C(=O)O)[C@@H]1CC(C)=CC[C@H]1C(C)(C)O2. The molecule has 23 nitrogen and oxygen atoms in total. The fraction of sp³-hybridized carbons (Fsp3) is 0.546. The molecule has 15 rings (SSSR count). The number of carboxylic acids is 5. The molecule has 3 saturated carbocycles. The van der Waals surface area contributed by atoms with E-state index in [0.29, 0.717) is 130 Å². The van der Waals surface area contributed by atoms with Gasteiger partial charge in [-0.2, -0.15) is 0 Å². The van der Waals surface area contributed by atoms with Crippen LogP contribution < -0.4 is 23.7 Å². The van der Waals surface area contributed by atoms with E-state index < -0.39 is 70.6 Å². The minimum atomic E-state index is -1.14. The molecule has 0 saturated heterocycles. The van der Waals surface area contributed by atoms with Gasteiger partial charge in [0.2, 0.25) is 0 Å². The molecule has 9 aliphatic rings. The molecule has 131 heavy (non-hydrogen) atoms. The van der Waals surface area contributed by atoms with Gasteiger partial charge in [0.1, 0.15) is 115 Å². The normalized spacial score (nSPS) is 25.2. The Morgan fingerprint density at radius 1 is 0.420 bits per heavy atom. The van der Waals surface area contributed by atoms with E-state index in [-0.39, 0.29) is 115 Å². The number of benzene rings is 6. The number of unbranched alkanes of at least 4 members (excludes halogenated alkanes) is 8. The summed E-state index contributed by atoms with van der Waals surface area (Å²) in [7, 11) is 0. The van der Waals surface area contributed by atoms with Crippen LogP contribution in [0.5, 0.6) is 57.5 Å². The van der Waals surface area contributed by atoms with Gasteiger partial charge in [0.05, 0.1) is 22.4 Å². The standard InChI is InChI=1S/2C22H30O5.C22H30O4.C22H26O4.C20H26O5/c1-5-6-7-8-13-11-15-18(19(23)16(13)21(24)25)17-14(12(2)3)9-10-22(4,26)20(17)27-15;1-5-6-7-8-13-11-15(23)18-17-14(12(2)3)9-10-22(4,26)20(17)27-19(18)16(13)21(24)25;2*1-5-6-7-8-14-12-17-19(20(23)18(14)21(24)25)15-11-13(2)9-10-16(15)22(3,4)26-17;1-5-6-11-9-13-16(17(21)14(11)19(22)23)15-12(10(2)3)7-8-20(4,24)18(15)25-13/h2*11,14,17,20,23,26H,2,5-10H2,1,3-4H3,(H,24,25);9,12,15-16,23H,5-8,10-11H2,1-4H3,(H,24,25);9-12,23H,5-8H2,1-4H3,(H,24,25);9,12,15,18,21,24H,2,5-8H2,1,3-4H3,(H,22,23)/t2*14-,17+,20-,22-;15-,16-;;12-,15+,18-,20-/m001.0/s1. The molecule has 4 aliphatic carbocycles. The largest absolute Gasteiger partial charge is 0.508 e. The fourth-order valence-electron chi connectivity index (χ4n) is 22.4. The van der Waals surface area contributed by atoms with Crippen molar-refractivity contribution in [3.8, 4) is 68.6 Å². The zero-order chi connectivity index (χ0) is 96.5. The van der Waals surface area contributed by atoms with E-state index in [1.165, 1.54) is 5.57 Å². The first-order valence-electron chi connectivity index (χ1n) is 47.5. The van der Waals surface area contributed by atoms with Crippen LogP contribution in [0.1, 0.15) is 382 Å². The Hall–Kier alpha value is -10.5. The molecule has 6 aromatic carbocycles. The van der Waals surface area contributed by atoms with Crippen molar-refractivity contribution in [1.29, 1.82) is 0 Å². The molecule has 0 aromatic heterocycles. The van der Waals surface area contributed by atoms with Crippen LogP contribution in [0.4, 0.5) is 0 Å². The number of aromatic carboxylic acids is 5. The molecule has 6 aromatic rings. The van der Waals surface area contributed by atoms with E-state index in [1.807, 2.05) is 72.7 Å². The molecular weight excluding hydrogens is 1670 g/mol. The molecule has 23 heteroatoms. The van der Waals surface area contributed by atoms with Crippen molar-refractivity contribution >= 4 is 29.8 Å². The molecule has 0 radical (unpaired) electrons. The number of hydrogen-bond acceptors (Lipinski definition) is 18. The zero-order valence-corrected chi connectivity index (χ0v) is 79.9. The highest BCUT2D eigenvalue weighted by Gasteiger charge is 2.58. The first-order valence-corrected chi connectivity index (χ1v) is 47.5. The maximum absolute atomic E-state index is 12.1. The summed E-state index contributed by atoms with van der Waals surface area (Å²) in [6.07, 6.45) is 21.7. The highest BCUT2D eigenvalue weighted by atomic mass is 16.5. The Bertz CT molecular complexity index is 5370. The topological polar surface area (TPSA) is 394 Å². The number of hydrogen-bond donors (Lipinski definition) is 13. The molecule has 0 amide bonds. The van der Waals surface area contributed by atoms with Gasteiger partial charge in [-0.1, -0.05) is 164 Å². The number of aromatic hydroxyl groups is 5. The number of allylic oxidation sites excluding steroid dienone is 5.